The molecule has 0 heterocycles. The Kier molecular flexibility index (Phi) is 5.47. The average molecular weight is 376 g/mol. The number of hydrogen-bond acceptors (Lipinski definition) is 1. The van der Waals surface area contributed by atoms with Crippen molar-refractivity contribution < 1.29 is 18.3 Å². The van der Waals surface area contributed by atoms with Gasteiger partial charge in [-0.2, -0.15) is 13.2 Å². The first-order valence-electron chi connectivity index (χ1n) is 4.99. The fraction of sp³-hybridized carbons (Fsp3) is 0.455. The maximum atomic E-state index is 11.9. The second-order valence-corrected chi connectivity index (χ2v) is 5.41. The Hall–Kier alpha value is -0.0700. The van der Waals surface area contributed by atoms with Gasteiger partial charge in [0, 0.05) is 15.4 Å². The van der Waals surface area contributed by atoms with Crippen LogP contribution < -0.4 is 0 Å². The summed E-state index contributed by atoms with van der Waals surface area (Å²) in [6.45, 7) is 0. The highest BCUT2D eigenvalue weighted by Crippen LogP contribution is 2.30. The molecule has 6 heteroatoms. The summed E-state index contributed by atoms with van der Waals surface area (Å²) in [5.41, 5.74) is 0.613. The van der Waals surface area contributed by atoms with Crippen molar-refractivity contribution in [3.05, 3.63) is 32.7 Å². The first-order chi connectivity index (χ1) is 7.79. The molecule has 1 rings (SSSR count). The van der Waals surface area contributed by atoms with E-state index in [-0.39, 0.29) is 12.8 Å². The Morgan fingerprint density at radius 2 is 1.82 bits per heavy atom. The third-order valence-electron chi connectivity index (χ3n) is 2.27. The van der Waals surface area contributed by atoms with Crippen LogP contribution in [-0.4, -0.2) is 11.3 Å². The van der Waals surface area contributed by atoms with Crippen molar-refractivity contribution in [1.82, 2.24) is 0 Å². The summed E-state index contributed by atoms with van der Waals surface area (Å²) in [5.74, 6) is 0. The Balaban J connectivity index is 2.52. The van der Waals surface area contributed by atoms with Crippen LogP contribution in [0.3, 0.4) is 0 Å². The molecule has 0 bridgehead atoms. The number of hydrogen-bond donors (Lipinski definition) is 1. The summed E-state index contributed by atoms with van der Waals surface area (Å²) in [7, 11) is 0. The van der Waals surface area contributed by atoms with Crippen molar-refractivity contribution in [2.45, 2.75) is 31.5 Å². The molecule has 0 amide bonds. The van der Waals surface area contributed by atoms with Gasteiger partial charge in [-0.25, -0.2) is 0 Å². The smallest absolute Gasteiger partial charge is 0.388 e. The summed E-state index contributed by atoms with van der Waals surface area (Å²) >= 11 is 6.56. The Morgan fingerprint density at radius 3 is 2.35 bits per heavy atom. The molecular weight excluding hydrogens is 365 g/mol. The molecule has 0 aliphatic heterocycles. The second-order valence-electron chi connectivity index (χ2n) is 3.70. The van der Waals surface area contributed by atoms with Gasteiger partial charge in [0.25, 0.3) is 0 Å². The SMILES string of the molecule is OC(CCCC(F)(F)F)c1ccc(Br)c(Br)c1. The molecule has 1 atom stereocenters. The van der Waals surface area contributed by atoms with Crippen LogP contribution >= 0.6 is 31.9 Å². The molecule has 1 nitrogen and oxygen atoms in total. The third kappa shape index (κ3) is 5.40. The molecule has 0 aliphatic carbocycles. The normalized spacial score (nSPS) is 13.8. The first-order valence-corrected chi connectivity index (χ1v) is 6.58. The lowest BCUT2D eigenvalue weighted by Gasteiger charge is -2.12. The Bertz CT molecular complexity index is 379. The highest BCUT2D eigenvalue weighted by atomic mass is 79.9. The average Bonchev–Trinajstić information content (AvgIpc) is 2.20. The molecule has 96 valence electrons. The van der Waals surface area contributed by atoms with E-state index in [1.54, 1.807) is 18.2 Å². The van der Waals surface area contributed by atoms with Crippen molar-refractivity contribution in [3.63, 3.8) is 0 Å². The predicted octanol–water partition coefficient (Wildman–Crippen LogP) is 4.98. The van der Waals surface area contributed by atoms with E-state index in [1.165, 1.54) is 0 Å². The van der Waals surface area contributed by atoms with Crippen LogP contribution in [0.15, 0.2) is 27.1 Å². The summed E-state index contributed by atoms with van der Waals surface area (Å²) in [4.78, 5) is 0. The standard InChI is InChI=1S/C11H11Br2F3O/c12-8-4-3-7(6-9(8)13)10(17)2-1-5-11(14,15)16/h3-4,6,10,17H,1-2,5H2. The van der Waals surface area contributed by atoms with E-state index in [0.29, 0.717) is 5.56 Å². The van der Waals surface area contributed by atoms with Crippen LogP contribution in [0.25, 0.3) is 0 Å². The second kappa shape index (κ2) is 6.20. The molecule has 0 spiro atoms. The zero-order valence-corrected chi connectivity index (χ0v) is 11.9. The maximum Gasteiger partial charge on any atom is 0.389 e. The van der Waals surface area contributed by atoms with Gasteiger partial charge in [0.05, 0.1) is 6.10 Å². The summed E-state index contributed by atoms with van der Waals surface area (Å²) in [6, 6.07) is 5.13. The minimum atomic E-state index is -4.15. The molecule has 0 fully saturated rings. The molecule has 1 unspecified atom stereocenters. The summed E-state index contributed by atoms with van der Waals surface area (Å²) in [5, 5.41) is 9.73. The predicted molar refractivity (Wildman–Crippen MR) is 66.7 cm³/mol. The molecule has 0 aromatic heterocycles. The maximum absolute atomic E-state index is 11.9. The van der Waals surface area contributed by atoms with Crippen LogP contribution in [0.2, 0.25) is 0 Å². The number of rotatable bonds is 4. The van der Waals surface area contributed by atoms with Crippen molar-refractivity contribution >= 4 is 31.9 Å². The topological polar surface area (TPSA) is 20.2 Å². The Labute approximate surface area is 114 Å². The molecule has 0 radical (unpaired) electrons. The molecular formula is C11H11Br2F3O. The zero-order chi connectivity index (χ0) is 13.1. The van der Waals surface area contributed by atoms with Gasteiger partial charge in [0.2, 0.25) is 0 Å². The minimum absolute atomic E-state index is 0.0711. The molecule has 0 saturated carbocycles. The van der Waals surface area contributed by atoms with Gasteiger partial charge in [-0.15, -0.1) is 0 Å². The highest BCUT2D eigenvalue weighted by Gasteiger charge is 2.26. The van der Waals surface area contributed by atoms with Crippen LogP contribution in [-0.2, 0) is 0 Å². The van der Waals surface area contributed by atoms with Gasteiger partial charge < -0.3 is 5.11 Å². The lowest BCUT2D eigenvalue weighted by molar-refractivity contribution is -0.136. The summed E-state index contributed by atoms with van der Waals surface area (Å²) in [6.07, 6.45) is -5.84. The number of alkyl halides is 3. The van der Waals surface area contributed by atoms with E-state index in [0.717, 1.165) is 8.95 Å². The van der Waals surface area contributed by atoms with Crippen LogP contribution in [0.5, 0.6) is 0 Å². The van der Waals surface area contributed by atoms with Gasteiger partial charge in [0.1, 0.15) is 0 Å². The van der Waals surface area contributed by atoms with Gasteiger partial charge in [-0.3, -0.25) is 0 Å². The number of aliphatic hydroxyl groups is 1. The largest absolute Gasteiger partial charge is 0.389 e. The van der Waals surface area contributed by atoms with Crippen LogP contribution in [0.1, 0.15) is 30.9 Å². The minimum Gasteiger partial charge on any atom is -0.388 e. The van der Waals surface area contributed by atoms with E-state index in [9.17, 15) is 18.3 Å². The molecule has 0 saturated heterocycles. The van der Waals surface area contributed by atoms with E-state index >= 15 is 0 Å². The van der Waals surface area contributed by atoms with Gasteiger partial charge in [0.15, 0.2) is 0 Å². The van der Waals surface area contributed by atoms with Crippen molar-refractivity contribution in [3.8, 4) is 0 Å². The van der Waals surface area contributed by atoms with E-state index < -0.39 is 18.7 Å². The fourth-order valence-corrected chi connectivity index (χ4v) is 2.03. The van der Waals surface area contributed by atoms with E-state index in [4.69, 9.17) is 0 Å². The van der Waals surface area contributed by atoms with Crippen LogP contribution in [0, 0.1) is 0 Å². The molecule has 1 N–H and O–H groups in total. The van der Waals surface area contributed by atoms with Gasteiger partial charge in [-0.05, 0) is 62.4 Å². The molecule has 1 aromatic rings. The molecule has 17 heavy (non-hydrogen) atoms. The van der Waals surface area contributed by atoms with E-state index in [1.807, 2.05) is 0 Å². The Morgan fingerprint density at radius 1 is 1.18 bits per heavy atom. The number of aliphatic hydroxyl groups excluding tert-OH is 1. The molecule has 0 aliphatic rings. The van der Waals surface area contributed by atoms with Crippen molar-refractivity contribution in [1.29, 1.82) is 0 Å². The highest BCUT2D eigenvalue weighted by molar-refractivity contribution is 9.13. The van der Waals surface area contributed by atoms with Crippen molar-refractivity contribution in [2.75, 3.05) is 0 Å². The lowest BCUT2D eigenvalue weighted by atomic mass is 10.0. The lowest BCUT2D eigenvalue weighted by Crippen LogP contribution is -2.08. The monoisotopic (exact) mass is 374 g/mol. The third-order valence-corrected chi connectivity index (χ3v) is 4.15. The van der Waals surface area contributed by atoms with Crippen molar-refractivity contribution in [2.24, 2.45) is 0 Å². The number of benzene rings is 1. The number of halogens is 5. The molecule has 1 aromatic carbocycles. The van der Waals surface area contributed by atoms with Gasteiger partial charge in [-0.1, -0.05) is 6.07 Å². The summed E-state index contributed by atoms with van der Waals surface area (Å²) < 4.78 is 37.4. The fourth-order valence-electron chi connectivity index (χ4n) is 1.38. The van der Waals surface area contributed by atoms with Crippen LogP contribution in [0.4, 0.5) is 13.2 Å². The quantitative estimate of drug-likeness (QED) is 0.786. The first kappa shape index (κ1) is 15.0. The van der Waals surface area contributed by atoms with E-state index in [2.05, 4.69) is 31.9 Å². The van der Waals surface area contributed by atoms with Gasteiger partial charge >= 0.3 is 6.18 Å². The zero-order valence-electron chi connectivity index (χ0n) is 8.77.